The van der Waals surface area contributed by atoms with Crippen LogP contribution in [0.25, 0.3) is 0 Å². The maximum absolute atomic E-state index is 10.0. The van der Waals surface area contributed by atoms with E-state index in [1.807, 2.05) is 50.0 Å². The number of hydrogen-bond acceptors (Lipinski definition) is 2. The maximum Gasteiger partial charge on any atom is 6.00 e. The predicted molar refractivity (Wildman–Crippen MR) is 67.0 cm³/mol. The van der Waals surface area contributed by atoms with Crippen molar-refractivity contribution in [2.45, 2.75) is 19.6 Å². The van der Waals surface area contributed by atoms with Crippen molar-refractivity contribution in [2.24, 2.45) is 0 Å². The zero-order valence-corrected chi connectivity index (χ0v) is 13.4. The van der Waals surface area contributed by atoms with Gasteiger partial charge >= 0.3 is 39.7 Å². The first-order valence-electron chi connectivity index (χ1n) is 4.55. The molecular formula is C11H16FeO4SSi+4. The Morgan fingerprint density at radius 3 is 1.56 bits per heavy atom. The van der Waals surface area contributed by atoms with Crippen molar-refractivity contribution in [3.63, 3.8) is 0 Å². The third-order valence-corrected chi connectivity index (χ3v) is 5.51. The summed E-state index contributed by atoms with van der Waals surface area (Å²) in [6.45, 7) is 15.1. The molecule has 1 aromatic rings. The van der Waals surface area contributed by atoms with Crippen molar-refractivity contribution < 1.29 is 35.1 Å². The van der Waals surface area contributed by atoms with Crippen LogP contribution in [-0.4, -0.2) is 22.2 Å². The minimum atomic E-state index is -1.82. The third-order valence-electron chi connectivity index (χ3n) is 1.11. The van der Waals surface area contributed by atoms with Gasteiger partial charge in [-0.2, -0.15) is 18.2 Å². The third kappa shape index (κ3) is 36.1. The summed E-state index contributed by atoms with van der Waals surface area (Å²) in [5, 5.41) is 0.382. The van der Waals surface area contributed by atoms with Gasteiger partial charge in [-0.3, -0.25) is 4.21 Å². The van der Waals surface area contributed by atoms with Crippen LogP contribution in [0.2, 0.25) is 19.6 Å². The van der Waals surface area contributed by atoms with Crippen molar-refractivity contribution in [1.82, 2.24) is 0 Å². The van der Waals surface area contributed by atoms with Gasteiger partial charge in [0.15, 0.2) is 0 Å². The van der Waals surface area contributed by atoms with Crippen LogP contribution in [0.15, 0.2) is 30.3 Å². The van der Waals surface area contributed by atoms with Crippen LogP contribution in [0.3, 0.4) is 0 Å². The number of rotatable bonds is 2. The van der Waals surface area contributed by atoms with Crippen molar-refractivity contribution >= 4 is 19.2 Å². The number of hydrogen-bond donors (Lipinski definition) is 0. The van der Waals surface area contributed by atoms with E-state index in [4.69, 9.17) is 9.30 Å². The maximum atomic E-state index is 10.0. The second-order valence-corrected chi connectivity index (χ2v) is 10.9. The minimum absolute atomic E-state index is 0. The summed E-state index contributed by atoms with van der Waals surface area (Å²) in [6.07, 6.45) is 0. The molecule has 0 heterocycles. The summed E-state index contributed by atoms with van der Waals surface area (Å²) in [4.78, 5) is 0. The van der Waals surface area contributed by atoms with Gasteiger partial charge in [0.2, 0.25) is 0 Å². The molecule has 0 amide bonds. The van der Waals surface area contributed by atoms with Crippen LogP contribution in [0.4, 0.5) is 0 Å². The van der Waals surface area contributed by atoms with Gasteiger partial charge < -0.3 is 4.55 Å². The molecule has 0 N–H and O–H groups in total. The van der Waals surface area contributed by atoms with Gasteiger partial charge in [-0.25, -0.2) is 12.1 Å². The average Bonchev–Trinajstić information content (AvgIpc) is 2.78. The molecule has 98 valence electrons. The largest absolute Gasteiger partial charge is 6.00 e. The average molecular weight is 328 g/mol. The van der Waals surface area contributed by atoms with Crippen molar-refractivity contribution in [2.75, 3.05) is 5.38 Å². The van der Waals surface area contributed by atoms with E-state index in [2.05, 4.69) is 13.3 Å². The van der Waals surface area contributed by atoms with Gasteiger partial charge in [0.05, 0.1) is 8.07 Å². The Labute approximate surface area is 123 Å². The molecule has 1 unspecified atom stereocenters. The van der Waals surface area contributed by atoms with Gasteiger partial charge in [0.25, 0.3) is 0 Å². The molecule has 0 saturated carbocycles. The summed E-state index contributed by atoms with van der Waals surface area (Å²) in [5.74, 6) is 0. The molecular weight excluding hydrogens is 312 g/mol. The van der Waals surface area contributed by atoms with Crippen LogP contribution in [0, 0.1) is 13.3 Å². The van der Waals surface area contributed by atoms with Crippen LogP contribution in [0.5, 0.6) is 0 Å². The van der Waals surface area contributed by atoms with Crippen LogP contribution in [-0.2, 0) is 37.5 Å². The normalized spacial score (nSPS) is 9.56. The fourth-order valence-corrected chi connectivity index (χ4v) is 3.50. The van der Waals surface area contributed by atoms with Crippen molar-refractivity contribution in [1.29, 1.82) is 0 Å². The second kappa shape index (κ2) is 19.0. The van der Waals surface area contributed by atoms with E-state index in [1.54, 1.807) is 0 Å². The Morgan fingerprint density at radius 2 is 1.50 bits per heavy atom. The molecule has 0 aliphatic carbocycles. The van der Waals surface area contributed by atoms with E-state index in [-0.39, 0.29) is 17.1 Å². The molecule has 0 aromatic heterocycles. The quantitative estimate of drug-likeness (QED) is 0.360. The monoisotopic (exact) mass is 328 g/mol. The summed E-state index contributed by atoms with van der Waals surface area (Å²) >= 11 is -1.82. The van der Waals surface area contributed by atoms with Crippen LogP contribution < -0.4 is 0 Å². The van der Waals surface area contributed by atoms with Gasteiger partial charge in [-0.05, 0) is 0 Å². The van der Waals surface area contributed by atoms with Crippen LogP contribution in [0.1, 0.15) is 0 Å². The SMILES string of the molecule is C[Si](C)(C)CS(=O)[O-].[C-]#[O+].[C-]#[O+].[Fe+6].c1cc[cH-]c1. The smallest absolute Gasteiger partial charge is 0.214 e. The van der Waals surface area contributed by atoms with E-state index < -0.39 is 19.2 Å². The Bertz CT molecular complexity index is 281. The molecule has 0 aliphatic rings. The van der Waals surface area contributed by atoms with E-state index in [0.717, 1.165) is 0 Å². The van der Waals surface area contributed by atoms with Gasteiger partial charge in [0, 0.05) is 5.38 Å². The van der Waals surface area contributed by atoms with E-state index in [1.165, 1.54) is 0 Å². The molecule has 0 saturated heterocycles. The molecule has 0 spiro atoms. The predicted octanol–water partition coefficient (Wildman–Crippen LogP) is 2.07. The standard InChI is InChI=1S/C5H5.C4H12O2SSi.2CO.Fe/c1-2-4-5-3-1;1-8(2,3)4-7(5)6;2*1-2;/h1-5H;4H2,1-3H3,(H,5,6);;;/q-1;;;;+6/p-1. The molecule has 0 fully saturated rings. The van der Waals surface area contributed by atoms with E-state index in [0.29, 0.717) is 5.38 Å². The molecule has 1 rings (SSSR count). The Morgan fingerprint density at radius 1 is 1.17 bits per heavy atom. The zero-order valence-electron chi connectivity index (χ0n) is 10.5. The fraction of sp³-hybridized carbons (Fsp3) is 0.364. The molecule has 18 heavy (non-hydrogen) atoms. The molecule has 0 bridgehead atoms. The Balaban J connectivity index is -0.0000000847. The molecule has 1 aromatic carbocycles. The summed E-state index contributed by atoms with van der Waals surface area (Å²) < 4.78 is 35.1. The zero-order chi connectivity index (χ0) is 14.3. The molecule has 0 radical (unpaired) electrons. The Hall–Kier alpha value is -0.324. The molecule has 4 nitrogen and oxygen atoms in total. The second-order valence-electron chi connectivity index (χ2n) is 3.97. The van der Waals surface area contributed by atoms with Gasteiger partial charge in [-0.15, -0.1) is 0 Å². The van der Waals surface area contributed by atoms with Gasteiger partial charge in [-0.1, -0.05) is 30.7 Å². The molecule has 0 aliphatic heterocycles. The summed E-state index contributed by atoms with van der Waals surface area (Å²) in [7, 11) is -1.33. The van der Waals surface area contributed by atoms with Crippen molar-refractivity contribution in [3.8, 4) is 0 Å². The summed E-state index contributed by atoms with van der Waals surface area (Å²) in [6, 6.07) is 10.0. The minimum Gasteiger partial charge on any atom is -0.214 e. The molecule has 1 atom stereocenters. The first-order chi connectivity index (χ1) is 7.92. The fourth-order valence-electron chi connectivity index (χ4n) is 0.674. The summed E-state index contributed by atoms with van der Waals surface area (Å²) in [5.41, 5.74) is 0. The van der Waals surface area contributed by atoms with E-state index in [9.17, 15) is 8.76 Å². The first-order valence-corrected chi connectivity index (χ1v) is 9.50. The molecule has 7 heteroatoms. The topological polar surface area (TPSA) is 79.9 Å². The van der Waals surface area contributed by atoms with Crippen LogP contribution >= 0.6 is 0 Å². The van der Waals surface area contributed by atoms with Crippen molar-refractivity contribution in [3.05, 3.63) is 43.6 Å². The first kappa shape index (κ1) is 26.3. The Kier molecular flexibility index (Phi) is 27.8. The van der Waals surface area contributed by atoms with E-state index >= 15 is 0 Å². The van der Waals surface area contributed by atoms with Gasteiger partial charge in [0.1, 0.15) is 0 Å².